The number of ether oxygens (including phenoxy) is 1. The molecule has 0 spiro atoms. The Labute approximate surface area is 149 Å². The highest BCUT2D eigenvalue weighted by Gasteiger charge is 2.54. The number of fused-ring (bicyclic) bond motifs is 1. The fourth-order valence-electron chi connectivity index (χ4n) is 6.43. The normalized spacial score (nSPS) is 41.1. The van der Waals surface area contributed by atoms with Gasteiger partial charge in [-0.05, 0) is 62.3 Å². The molecule has 134 valence electrons. The number of aliphatic hydroxyl groups is 1. The summed E-state index contributed by atoms with van der Waals surface area (Å²) >= 11 is 0. The fraction of sp³-hybridized carbons (Fsp3) is 0.667. The van der Waals surface area contributed by atoms with Crippen LogP contribution in [-0.2, 0) is 10.4 Å². The van der Waals surface area contributed by atoms with Gasteiger partial charge in [-0.25, -0.2) is 0 Å². The maximum absolute atomic E-state index is 13.1. The van der Waals surface area contributed by atoms with E-state index in [2.05, 4.69) is 5.32 Å². The van der Waals surface area contributed by atoms with Crippen molar-refractivity contribution in [2.75, 3.05) is 13.2 Å². The highest BCUT2D eigenvalue weighted by Crippen LogP contribution is 2.60. The number of amides is 1. The van der Waals surface area contributed by atoms with E-state index in [0.29, 0.717) is 13.0 Å². The van der Waals surface area contributed by atoms with Crippen LogP contribution in [0.25, 0.3) is 0 Å². The molecule has 2 N–H and O–H groups in total. The van der Waals surface area contributed by atoms with Gasteiger partial charge in [0.2, 0.25) is 5.91 Å². The molecule has 4 bridgehead atoms. The molecule has 4 nitrogen and oxygen atoms in total. The van der Waals surface area contributed by atoms with Gasteiger partial charge in [-0.1, -0.05) is 18.2 Å². The lowest BCUT2D eigenvalue weighted by atomic mass is 9.49. The van der Waals surface area contributed by atoms with Crippen LogP contribution in [0.3, 0.4) is 0 Å². The van der Waals surface area contributed by atoms with Crippen LogP contribution in [0.1, 0.15) is 50.5 Å². The largest absolute Gasteiger partial charge is 0.493 e. The van der Waals surface area contributed by atoms with E-state index < -0.39 is 5.60 Å². The molecule has 1 aromatic carbocycles. The molecule has 4 aliphatic carbocycles. The highest BCUT2D eigenvalue weighted by molar-refractivity contribution is 5.83. The predicted octanol–water partition coefficient (Wildman–Crippen LogP) is 2.99. The molecule has 1 aromatic rings. The van der Waals surface area contributed by atoms with Crippen molar-refractivity contribution in [2.45, 2.75) is 50.5 Å². The monoisotopic (exact) mass is 341 g/mol. The van der Waals surface area contributed by atoms with E-state index in [9.17, 15) is 9.90 Å². The van der Waals surface area contributed by atoms with Gasteiger partial charge in [0.1, 0.15) is 11.4 Å². The second kappa shape index (κ2) is 5.47. The number of hydrogen-bond donors (Lipinski definition) is 2. The van der Waals surface area contributed by atoms with Crippen LogP contribution >= 0.6 is 0 Å². The zero-order chi connectivity index (χ0) is 17.1. The van der Waals surface area contributed by atoms with Crippen molar-refractivity contribution in [1.29, 1.82) is 0 Å². The number of carbonyl (C=O) groups excluding carboxylic acids is 1. The van der Waals surface area contributed by atoms with Crippen LogP contribution in [0.4, 0.5) is 0 Å². The van der Waals surface area contributed by atoms with Gasteiger partial charge >= 0.3 is 0 Å². The van der Waals surface area contributed by atoms with Crippen LogP contribution in [0, 0.1) is 23.2 Å². The number of para-hydroxylation sites is 1. The Hall–Kier alpha value is -1.55. The van der Waals surface area contributed by atoms with Crippen molar-refractivity contribution in [3.05, 3.63) is 29.8 Å². The maximum Gasteiger partial charge on any atom is 0.226 e. The molecule has 6 rings (SSSR count). The van der Waals surface area contributed by atoms with Crippen LogP contribution in [-0.4, -0.2) is 24.2 Å². The summed E-state index contributed by atoms with van der Waals surface area (Å²) in [7, 11) is 0. The molecule has 5 aliphatic rings. The summed E-state index contributed by atoms with van der Waals surface area (Å²) < 4.78 is 5.65. The summed E-state index contributed by atoms with van der Waals surface area (Å²) in [5.74, 6) is 3.18. The van der Waals surface area contributed by atoms with Gasteiger partial charge in [-0.2, -0.15) is 0 Å². The number of hydrogen-bond acceptors (Lipinski definition) is 3. The summed E-state index contributed by atoms with van der Waals surface area (Å²) in [5, 5.41) is 14.3. The summed E-state index contributed by atoms with van der Waals surface area (Å²) in [6.45, 7) is 0.773. The molecule has 1 unspecified atom stereocenters. The first-order chi connectivity index (χ1) is 12.1. The SMILES string of the molecule is O=C(NCC1(O)CCOc2ccccc21)C12CC3CC(CC(C3)C1)C2. The van der Waals surface area contributed by atoms with Crippen molar-refractivity contribution >= 4 is 5.91 Å². The van der Waals surface area contributed by atoms with Crippen molar-refractivity contribution in [3.63, 3.8) is 0 Å². The third-order valence-corrected chi connectivity index (χ3v) is 7.22. The smallest absolute Gasteiger partial charge is 0.226 e. The van der Waals surface area contributed by atoms with Crippen LogP contribution in [0.2, 0.25) is 0 Å². The Morgan fingerprint density at radius 3 is 2.44 bits per heavy atom. The van der Waals surface area contributed by atoms with E-state index in [1.165, 1.54) is 19.3 Å². The first-order valence-corrected chi connectivity index (χ1v) is 9.79. The van der Waals surface area contributed by atoms with Gasteiger partial charge in [0.15, 0.2) is 0 Å². The van der Waals surface area contributed by atoms with Gasteiger partial charge in [0.25, 0.3) is 0 Å². The molecule has 4 fully saturated rings. The number of benzene rings is 1. The second-order valence-corrected chi connectivity index (χ2v) is 9.01. The van der Waals surface area contributed by atoms with E-state index in [1.807, 2.05) is 24.3 Å². The zero-order valence-electron chi connectivity index (χ0n) is 14.7. The Morgan fingerprint density at radius 2 is 1.76 bits per heavy atom. The van der Waals surface area contributed by atoms with E-state index >= 15 is 0 Å². The van der Waals surface area contributed by atoms with E-state index in [4.69, 9.17) is 4.74 Å². The standard InChI is InChI=1S/C21H27NO3/c23-19(20-10-14-7-15(11-20)9-16(8-14)12-20)22-13-21(24)5-6-25-18-4-2-1-3-17(18)21/h1-4,14-16,24H,5-13H2,(H,22,23). The highest BCUT2D eigenvalue weighted by atomic mass is 16.5. The summed E-state index contributed by atoms with van der Waals surface area (Å²) in [4.78, 5) is 13.1. The fourth-order valence-corrected chi connectivity index (χ4v) is 6.43. The Bertz CT molecular complexity index is 665. The average Bonchev–Trinajstić information content (AvgIpc) is 2.59. The first-order valence-electron chi connectivity index (χ1n) is 9.79. The quantitative estimate of drug-likeness (QED) is 0.888. The predicted molar refractivity (Wildman–Crippen MR) is 94.1 cm³/mol. The molecule has 4 heteroatoms. The van der Waals surface area contributed by atoms with Crippen molar-refractivity contribution < 1.29 is 14.6 Å². The van der Waals surface area contributed by atoms with Crippen LogP contribution in [0.5, 0.6) is 5.75 Å². The van der Waals surface area contributed by atoms with Gasteiger partial charge in [0, 0.05) is 17.4 Å². The molecule has 1 amide bonds. The van der Waals surface area contributed by atoms with E-state index in [1.54, 1.807) is 0 Å². The van der Waals surface area contributed by atoms with Gasteiger partial charge in [0.05, 0.1) is 13.2 Å². The van der Waals surface area contributed by atoms with E-state index in [-0.39, 0.29) is 17.9 Å². The average molecular weight is 341 g/mol. The minimum atomic E-state index is -1.02. The third kappa shape index (κ3) is 2.49. The third-order valence-electron chi connectivity index (χ3n) is 7.22. The lowest BCUT2D eigenvalue weighted by Crippen LogP contribution is -2.55. The van der Waals surface area contributed by atoms with Crippen molar-refractivity contribution in [1.82, 2.24) is 5.32 Å². The summed E-state index contributed by atoms with van der Waals surface area (Å²) in [6, 6.07) is 7.63. The van der Waals surface area contributed by atoms with Crippen LogP contribution < -0.4 is 10.1 Å². The van der Waals surface area contributed by atoms with Gasteiger partial charge in [-0.3, -0.25) is 4.79 Å². The minimum absolute atomic E-state index is 0.157. The Balaban J connectivity index is 1.33. The first kappa shape index (κ1) is 15.7. The van der Waals surface area contributed by atoms with Gasteiger partial charge in [-0.15, -0.1) is 0 Å². The summed E-state index contributed by atoms with van der Waals surface area (Å²) in [6.07, 6.45) is 7.70. The number of nitrogens with one attached hydrogen (secondary N) is 1. The number of carbonyl (C=O) groups is 1. The molecule has 1 heterocycles. The molecule has 1 atom stereocenters. The Kier molecular flexibility index (Phi) is 3.43. The van der Waals surface area contributed by atoms with E-state index in [0.717, 1.165) is 48.3 Å². The minimum Gasteiger partial charge on any atom is -0.493 e. The zero-order valence-corrected chi connectivity index (χ0v) is 14.7. The maximum atomic E-state index is 13.1. The van der Waals surface area contributed by atoms with Gasteiger partial charge < -0.3 is 15.2 Å². The summed E-state index contributed by atoms with van der Waals surface area (Å²) in [5.41, 5.74) is -0.380. The molecule has 4 saturated carbocycles. The second-order valence-electron chi connectivity index (χ2n) is 9.01. The Morgan fingerprint density at radius 1 is 1.12 bits per heavy atom. The topological polar surface area (TPSA) is 58.6 Å². The molecular weight excluding hydrogens is 314 g/mol. The lowest BCUT2D eigenvalue weighted by Gasteiger charge is -2.55. The number of rotatable bonds is 3. The molecule has 0 radical (unpaired) electrons. The molecule has 0 saturated heterocycles. The molecular formula is C21H27NO3. The molecule has 1 aliphatic heterocycles. The lowest BCUT2D eigenvalue weighted by molar-refractivity contribution is -0.147. The van der Waals surface area contributed by atoms with Crippen molar-refractivity contribution in [2.24, 2.45) is 23.2 Å². The molecule has 0 aromatic heterocycles. The van der Waals surface area contributed by atoms with Crippen molar-refractivity contribution in [3.8, 4) is 5.75 Å². The molecule has 25 heavy (non-hydrogen) atoms. The van der Waals surface area contributed by atoms with Crippen LogP contribution in [0.15, 0.2) is 24.3 Å².